The average Bonchev–Trinajstić information content (AvgIpc) is 2.52. The van der Waals surface area contributed by atoms with Crippen molar-refractivity contribution in [2.75, 3.05) is 6.54 Å². The van der Waals surface area contributed by atoms with Crippen molar-refractivity contribution < 1.29 is 22.0 Å². The van der Waals surface area contributed by atoms with Gasteiger partial charge in [-0.05, 0) is 48.4 Å². The molecule has 0 aliphatic carbocycles. The van der Waals surface area contributed by atoms with E-state index in [4.69, 9.17) is 0 Å². The van der Waals surface area contributed by atoms with Crippen LogP contribution in [0.5, 0.6) is 0 Å². The van der Waals surface area contributed by atoms with Crippen molar-refractivity contribution in [2.45, 2.75) is 18.4 Å². The van der Waals surface area contributed by atoms with Gasteiger partial charge in [-0.25, -0.2) is 21.9 Å². The smallest absolute Gasteiger partial charge is 0.241 e. The Balaban J connectivity index is 1.91. The van der Waals surface area contributed by atoms with Crippen LogP contribution in [0.25, 0.3) is 0 Å². The second-order valence-corrected chi connectivity index (χ2v) is 6.87. The fourth-order valence-corrected chi connectivity index (χ4v) is 3.22. The van der Waals surface area contributed by atoms with Gasteiger partial charge in [-0.1, -0.05) is 12.1 Å². The van der Waals surface area contributed by atoms with Gasteiger partial charge in [0.2, 0.25) is 15.9 Å². The third kappa shape index (κ3) is 4.84. The van der Waals surface area contributed by atoms with Crippen molar-refractivity contribution in [3.8, 4) is 0 Å². The molecule has 2 N–H and O–H groups in total. The number of benzene rings is 2. The minimum absolute atomic E-state index is 0.0877. The van der Waals surface area contributed by atoms with Crippen LogP contribution < -0.4 is 10.0 Å². The first kappa shape index (κ1) is 18.0. The van der Waals surface area contributed by atoms with E-state index in [0.717, 1.165) is 18.2 Å². The number of aryl methyl sites for hydroxylation is 1. The molecule has 0 aliphatic rings. The summed E-state index contributed by atoms with van der Waals surface area (Å²) in [7, 11) is -3.92. The molecule has 0 saturated heterocycles. The van der Waals surface area contributed by atoms with Gasteiger partial charge in [0.05, 0.1) is 11.4 Å². The predicted molar refractivity (Wildman–Crippen MR) is 84.6 cm³/mol. The molecule has 5 nitrogen and oxygen atoms in total. The van der Waals surface area contributed by atoms with E-state index in [1.54, 1.807) is 0 Å². The van der Waals surface area contributed by atoms with Crippen LogP contribution in [0.3, 0.4) is 0 Å². The van der Waals surface area contributed by atoms with E-state index in [9.17, 15) is 22.0 Å². The Morgan fingerprint density at radius 3 is 2.29 bits per heavy atom. The molecule has 0 spiro atoms. The molecule has 128 valence electrons. The summed E-state index contributed by atoms with van der Waals surface area (Å²) in [5, 5.41) is 2.52. The lowest BCUT2D eigenvalue weighted by atomic mass is 10.2. The van der Waals surface area contributed by atoms with Crippen LogP contribution in [0.1, 0.15) is 11.1 Å². The number of carbonyl (C=O) groups is 1. The lowest BCUT2D eigenvalue weighted by Crippen LogP contribution is -2.36. The second-order valence-electron chi connectivity index (χ2n) is 5.14. The molecular formula is C16H16F2N2O3S. The van der Waals surface area contributed by atoms with Crippen LogP contribution in [0.2, 0.25) is 0 Å². The van der Waals surface area contributed by atoms with Gasteiger partial charge < -0.3 is 5.32 Å². The Morgan fingerprint density at radius 1 is 1.04 bits per heavy atom. The highest BCUT2D eigenvalue weighted by molar-refractivity contribution is 7.89. The largest absolute Gasteiger partial charge is 0.351 e. The highest BCUT2D eigenvalue weighted by Crippen LogP contribution is 2.15. The predicted octanol–water partition coefficient (Wildman–Crippen LogP) is 1.87. The van der Waals surface area contributed by atoms with Gasteiger partial charge in [-0.15, -0.1) is 0 Å². The maximum atomic E-state index is 13.0. The number of halogens is 2. The lowest BCUT2D eigenvalue weighted by molar-refractivity contribution is -0.120. The Hall–Kier alpha value is -2.32. The quantitative estimate of drug-likeness (QED) is 0.832. The summed E-state index contributed by atoms with van der Waals surface area (Å²) in [5.74, 6) is -1.46. The zero-order valence-electron chi connectivity index (χ0n) is 12.8. The topological polar surface area (TPSA) is 75.3 Å². The first-order chi connectivity index (χ1) is 11.3. The van der Waals surface area contributed by atoms with Crippen molar-refractivity contribution in [1.82, 2.24) is 10.0 Å². The number of rotatable bonds is 6. The van der Waals surface area contributed by atoms with Crippen LogP contribution in [-0.2, 0) is 21.4 Å². The van der Waals surface area contributed by atoms with E-state index in [-0.39, 0.29) is 22.8 Å². The highest BCUT2D eigenvalue weighted by atomic mass is 32.2. The van der Waals surface area contributed by atoms with E-state index in [2.05, 4.69) is 10.0 Å². The summed E-state index contributed by atoms with van der Waals surface area (Å²) < 4.78 is 52.2. The molecule has 8 heteroatoms. The standard InChI is InChI=1S/C16H16F2N2O3S/c1-11-8-14(18)6-7-15(11)24(22,23)20-10-16(21)19-9-12-2-4-13(17)5-3-12/h2-8,20H,9-10H2,1H3,(H,19,21). The molecule has 1 amide bonds. The summed E-state index contributed by atoms with van der Waals surface area (Å²) in [6.45, 7) is 1.16. The fraction of sp³-hybridized carbons (Fsp3) is 0.188. The van der Waals surface area contributed by atoms with E-state index in [1.807, 2.05) is 0 Å². The number of carbonyl (C=O) groups excluding carboxylic acids is 1. The maximum Gasteiger partial charge on any atom is 0.241 e. The Bertz CT molecular complexity index is 837. The van der Waals surface area contributed by atoms with E-state index in [0.29, 0.717) is 5.56 Å². The highest BCUT2D eigenvalue weighted by Gasteiger charge is 2.18. The first-order valence-electron chi connectivity index (χ1n) is 7.05. The zero-order valence-corrected chi connectivity index (χ0v) is 13.7. The Kier molecular flexibility index (Phi) is 5.63. The van der Waals surface area contributed by atoms with E-state index < -0.39 is 28.3 Å². The van der Waals surface area contributed by atoms with Gasteiger partial charge >= 0.3 is 0 Å². The van der Waals surface area contributed by atoms with E-state index >= 15 is 0 Å². The molecule has 2 rings (SSSR count). The molecule has 0 aromatic heterocycles. The average molecular weight is 354 g/mol. The number of nitrogens with one attached hydrogen (secondary N) is 2. The van der Waals surface area contributed by atoms with Gasteiger partial charge in [0.1, 0.15) is 11.6 Å². The number of sulfonamides is 1. The van der Waals surface area contributed by atoms with Gasteiger partial charge in [0.15, 0.2) is 0 Å². The van der Waals surface area contributed by atoms with Crippen LogP contribution in [0.15, 0.2) is 47.4 Å². The first-order valence-corrected chi connectivity index (χ1v) is 8.53. The van der Waals surface area contributed by atoms with Gasteiger partial charge in [0, 0.05) is 6.54 Å². The van der Waals surface area contributed by atoms with Crippen molar-refractivity contribution in [3.05, 3.63) is 65.2 Å². The van der Waals surface area contributed by atoms with Crippen LogP contribution >= 0.6 is 0 Å². The third-order valence-corrected chi connectivity index (χ3v) is 4.81. The molecule has 0 heterocycles. The number of hydrogen-bond donors (Lipinski definition) is 2. The SMILES string of the molecule is Cc1cc(F)ccc1S(=O)(=O)NCC(=O)NCc1ccc(F)cc1. The third-order valence-electron chi connectivity index (χ3n) is 3.25. The molecule has 0 radical (unpaired) electrons. The zero-order chi connectivity index (χ0) is 17.7. The molecule has 0 fully saturated rings. The Labute approximate surface area is 138 Å². The molecule has 0 aliphatic heterocycles. The van der Waals surface area contributed by atoms with Crippen LogP contribution in [-0.4, -0.2) is 20.9 Å². The molecule has 2 aromatic rings. The summed E-state index contributed by atoms with van der Waals surface area (Å²) in [6, 6.07) is 8.84. The van der Waals surface area contributed by atoms with Crippen molar-refractivity contribution in [3.63, 3.8) is 0 Å². The molecule has 24 heavy (non-hydrogen) atoms. The molecule has 0 saturated carbocycles. The summed E-state index contributed by atoms with van der Waals surface area (Å²) >= 11 is 0. The molecule has 2 aromatic carbocycles. The van der Waals surface area contributed by atoms with Gasteiger partial charge in [-0.3, -0.25) is 4.79 Å². The molecule has 0 bridgehead atoms. The maximum absolute atomic E-state index is 13.0. The van der Waals surface area contributed by atoms with Crippen molar-refractivity contribution >= 4 is 15.9 Å². The number of amides is 1. The second kappa shape index (κ2) is 7.50. The molecular weight excluding hydrogens is 338 g/mol. The van der Waals surface area contributed by atoms with Gasteiger partial charge in [0.25, 0.3) is 0 Å². The van der Waals surface area contributed by atoms with Gasteiger partial charge in [-0.2, -0.15) is 0 Å². The summed E-state index contributed by atoms with van der Waals surface area (Å²) in [6.07, 6.45) is 0. The fourth-order valence-electron chi connectivity index (χ4n) is 2.02. The summed E-state index contributed by atoms with van der Waals surface area (Å²) in [4.78, 5) is 11.6. The van der Waals surface area contributed by atoms with Crippen LogP contribution in [0, 0.1) is 18.6 Å². The normalized spacial score (nSPS) is 11.3. The summed E-state index contributed by atoms with van der Waals surface area (Å²) in [5.41, 5.74) is 0.927. The minimum atomic E-state index is -3.92. The minimum Gasteiger partial charge on any atom is -0.351 e. The molecule has 0 atom stereocenters. The monoisotopic (exact) mass is 354 g/mol. The van der Waals surface area contributed by atoms with Crippen molar-refractivity contribution in [2.24, 2.45) is 0 Å². The van der Waals surface area contributed by atoms with Crippen molar-refractivity contribution in [1.29, 1.82) is 0 Å². The van der Waals surface area contributed by atoms with E-state index in [1.165, 1.54) is 31.2 Å². The number of hydrogen-bond acceptors (Lipinski definition) is 3. The van der Waals surface area contributed by atoms with Crippen LogP contribution in [0.4, 0.5) is 8.78 Å². The molecule has 0 unspecified atom stereocenters. The lowest BCUT2D eigenvalue weighted by Gasteiger charge is -2.10. The Morgan fingerprint density at radius 2 is 1.67 bits per heavy atom.